The molecule has 0 atom stereocenters. The molecular weight excluding hydrogens is 280 g/mol. The lowest BCUT2D eigenvalue weighted by Gasteiger charge is -2.08. The van der Waals surface area contributed by atoms with Gasteiger partial charge < -0.3 is 0 Å². The van der Waals surface area contributed by atoms with Gasteiger partial charge in [0.15, 0.2) is 5.78 Å². The van der Waals surface area contributed by atoms with E-state index in [4.69, 9.17) is 0 Å². The topological polar surface area (TPSA) is 34.9 Å². The number of aromatic nitrogens is 2. The van der Waals surface area contributed by atoms with Crippen LogP contribution in [0.15, 0.2) is 18.3 Å². The molecule has 1 fully saturated rings. The maximum absolute atomic E-state index is 12.4. The van der Waals surface area contributed by atoms with E-state index in [1.807, 2.05) is 12.3 Å². The summed E-state index contributed by atoms with van der Waals surface area (Å²) in [5.41, 5.74) is 2.32. The van der Waals surface area contributed by atoms with Crippen molar-refractivity contribution in [1.82, 2.24) is 9.78 Å². The highest BCUT2D eigenvalue weighted by molar-refractivity contribution is 7.14. The molecule has 1 saturated carbocycles. The number of nitrogens with zero attached hydrogens (tertiary/aromatic N) is 2. The molecule has 21 heavy (non-hydrogen) atoms. The van der Waals surface area contributed by atoms with Crippen LogP contribution >= 0.6 is 11.3 Å². The highest BCUT2D eigenvalue weighted by Crippen LogP contribution is 2.31. The molecule has 0 N–H and O–H groups in total. The van der Waals surface area contributed by atoms with Gasteiger partial charge in [-0.2, -0.15) is 5.10 Å². The fraction of sp³-hybridized carbons (Fsp3) is 0.529. The number of carbonyl (C=O) groups excluding carboxylic acids is 1. The van der Waals surface area contributed by atoms with Crippen molar-refractivity contribution < 1.29 is 4.79 Å². The van der Waals surface area contributed by atoms with Crippen molar-refractivity contribution in [1.29, 1.82) is 0 Å². The summed E-state index contributed by atoms with van der Waals surface area (Å²) in [6.45, 7) is 0. The Kier molecular flexibility index (Phi) is 3.42. The second-order valence-corrected chi connectivity index (χ2v) is 7.37. The van der Waals surface area contributed by atoms with Crippen LogP contribution < -0.4 is 0 Å². The molecular formula is C17H20N2OS. The minimum atomic E-state index is 0.228. The average Bonchev–Trinajstić information content (AvgIpc) is 3.22. The van der Waals surface area contributed by atoms with Gasteiger partial charge >= 0.3 is 0 Å². The fourth-order valence-corrected chi connectivity index (χ4v) is 4.75. The molecule has 0 aromatic carbocycles. The Balaban J connectivity index is 1.46. The molecule has 0 saturated heterocycles. The zero-order valence-electron chi connectivity index (χ0n) is 12.2. The van der Waals surface area contributed by atoms with E-state index in [0.29, 0.717) is 12.5 Å². The molecule has 2 heterocycles. The highest BCUT2D eigenvalue weighted by Gasteiger charge is 2.21. The summed E-state index contributed by atoms with van der Waals surface area (Å²) in [6.07, 6.45) is 11.1. The Morgan fingerprint density at radius 2 is 2.14 bits per heavy atom. The van der Waals surface area contributed by atoms with E-state index in [1.54, 1.807) is 11.3 Å². The molecule has 0 radical (unpaired) electrons. The number of hydrogen-bond donors (Lipinski definition) is 0. The van der Waals surface area contributed by atoms with Crippen molar-refractivity contribution in [3.05, 3.63) is 39.3 Å². The van der Waals surface area contributed by atoms with Crippen molar-refractivity contribution in [2.75, 3.05) is 0 Å². The van der Waals surface area contributed by atoms with Crippen molar-refractivity contribution in [3.63, 3.8) is 0 Å². The lowest BCUT2D eigenvalue weighted by atomic mass is 10.1. The maximum atomic E-state index is 12.4. The normalized spacial score (nSPS) is 18.3. The summed E-state index contributed by atoms with van der Waals surface area (Å²) in [5, 5.41) is 4.62. The van der Waals surface area contributed by atoms with Crippen LogP contribution in [0.25, 0.3) is 0 Å². The Labute approximate surface area is 129 Å². The van der Waals surface area contributed by atoms with Gasteiger partial charge in [-0.15, -0.1) is 11.3 Å². The first kappa shape index (κ1) is 13.3. The lowest BCUT2D eigenvalue weighted by molar-refractivity contribution is 0.0995. The van der Waals surface area contributed by atoms with Gasteiger partial charge in [-0.3, -0.25) is 9.48 Å². The van der Waals surface area contributed by atoms with Gasteiger partial charge in [0, 0.05) is 11.1 Å². The Hall–Kier alpha value is -1.42. The second kappa shape index (κ2) is 5.41. The lowest BCUT2D eigenvalue weighted by Crippen LogP contribution is -2.07. The first-order chi connectivity index (χ1) is 10.3. The number of Topliss-reactive ketones (excluding diaryl/α,β-unsaturated/α-hetero) is 1. The van der Waals surface area contributed by atoms with Crippen LogP contribution in [0.5, 0.6) is 0 Å². The first-order valence-corrected chi connectivity index (χ1v) is 8.80. The quantitative estimate of drug-likeness (QED) is 0.801. The average molecular weight is 300 g/mol. The molecule has 110 valence electrons. The largest absolute Gasteiger partial charge is 0.293 e. The molecule has 3 nitrogen and oxygen atoms in total. The number of rotatable bonds is 4. The zero-order valence-corrected chi connectivity index (χ0v) is 13.0. The monoisotopic (exact) mass is 300 g/mol. The van der Waals surface area contributed by atoms with Crippen LogP contribution in [-0.4, -0.2) is 15.6 Å². The van der Waals surface area contributed by atoms with E-state index < -0.39 is 0 Å². The van der Waals surface area contributed by atoms with E-state index >= 15 is 0 Å². The predicted molar refractivity (Wildman–Crippen MR) is 84.1 cm³/mol. The second-order valence-electron chi connectivity index (χ2n) is 6.24. The summed E-state index contributed by atoms with van der Waals surface area (Å²) in [4.78, 5) is 14.8. The minimum absolute atomic E-state index is 0.228. The molecule has 0 aliphatic heterocycles. The molecule has 2 aliphatic carbocycles. The zero-order chi connectivity index (χ0) is 14.2. The van der Waals surface area contributed by atoms with Crippen LogP contribution in [0.3, 0.4) is 0 Å². The Morgan fingerprint density at radius 1 is 1.29 bits per heavy atom. The molecule has 0 spiro atoms. The number of aryl methyl sites for hydroxylation is 2. The fourth-order valence-electron chi connectivity index (χ4n) is 3.56. The standard InChI is InChI=1S/C17H20N2OS/c20-15(17-10-12-4-3-7-16(12)21-17)11-13-8-9-19(18-13)14-5-1-2-6-14/h8-10,14H,1-7,11H2. The third-order valence-corrected chi connectivity index (χ3v) is 6.00. The van der Waals surface area contributed by atoms with Gasteiger partial charge in [0.2, 0.25) is 0 Å². The van der Waals surface area contributed by atoms with E-state index in [0.717, 1.165) is 23.4 Å². The van der Waals surface area contributed by atoms with Crippen LogP contribution in [0.4, 0.5) is 0 Å². The van der Waals surface area contributed by atoms with Crippen LogP contribution in [0.1, 0.15) is 64.0 Å². The maximum Gasteiger partial charge on any atom is 0.178 e. The first-order valence-electron chi connectivity index (χ1n) is 7.98. The summed E-state index contributed by atoms with van der Waals surface area (Å²) in [6, 6.07) is 4.68. The SMILES string of the molecule is O=C(Cc1ccn(C2CCCC2)n1)c1cc2c(s1)CCC2. The number of hydrogen-bond acceptors (Lipinski definition) is 3. The Bertz CT molecular complexity index is 643. The molecule has 4 rings (SSSR count). The van der Waals surface area contributed by atoms with Gasteiger partial charge in [0.25, 0.3) is 0 Å². The summed E-state index contributed by atoms with van der Waals surface area (Å²) >= 11 is 1.70. The number of ketones is 1. The third kappa shape index (κ3) is 2.57. The number of carbonyl (C=O) groups is 1. The van der Waals surface area contributed by atoms with Gasteiger partial charge in [0.05, 0.1) is 23.0 Å². The minimum Gasteiger partial charge on any atom is -0.293 e. The van der Waals surface area contributed by atoms with E-state index in [2.05, 4.69) is 15.8 Å². The molecule has 0 amide bonds. The molecule has 0 bridgehead atoms. The molecule has 2 aromatic heterocycles. The van der Waals surface area contributed by atoms with Crippen molar-refractivity contribution >= 4 is 17.1 Å². The Morgan fingerprint density at radius 3 is 2.95 bits per heavy atom. The number of fused-ring (bicyclic) bond motifs is 1. The molecule has 2 aromatic rings. The van der Waals surface area contributed by atoms with Gasteiger partial charge in [0.1, 0.15) is 0 Å². The van der Waals surface area contributed by atoms with Gasteiger partial charge in [-0.1, -0.05) is 12.8 Å². The highest BCUT2D eigenvalue weighted by atomic mass is 32.1. The van der Waals surface area contributed by atoms with E-state index in [-0.39, 0.29) is 5.78 Å². The number of thiophene rings is 1. The van der Waals surface area contributed by atoms with Crippen molar-refractivity contribution in [3.8, 4) is 0 Å². The molecule has 0 unspecified atom stereocenters. The van der Waals surface area contributed by atoms with Gasteiger partial charge in [-0.05, 0) is 49.8 Å². The summed E-state index contributed by atoms with van der Waals surface area (Å²) in [7, 11) is 0. The van der Waals surface area contributed by atoms with Crippen molar-refractivity contribution in [2.45, 2.75) is 57.4 Å². The van der Waals surface area contributed by atoms with E-state index in [9.17, 15) is 4.79 Å². The van der Waals surface area contributed by atoms with Crippen molar-refractivity contribution in [2.24, 2.45) is 0 Å². The third-order valence-electron chi connectivity index (χ3n) is 4.73. The molecule has 2 aliphatic rings. The van der Waals surface area contributed by atoms with E-state index in [1.165, 1.54) is 42.5 Å². The van der Waals surface area contributed by atoms with Crippen LogP contribution in [-0.2, 0) is 19.3 Å². The summed E-state index contributed by atoms with van der Waals surface area (Å²) in [5.74, 6) is 0.228. The predicted octanol–water partition coefficient (Wildman–Crippen LogP) is 3.97. The smallest absolute Gasteiger partial charge is 0.178 e. The van der Waals surface area contributed by atoms with Gasteiger partial charge in [-0.25, -0.2) is 0 Å². The molecule has 4 heteroatoms. The summed E-state index contributed by atoms with van der Waals surface area (Å²) < 4.78 is 2.07. The van der Waals surface area contributed by atoms with Crippen LogP contribution in [0, 0.1) is 0 Å². The van der Waals surface area contributed by atoms with Crippen LogP contribution in [0.2, 0.25) is 0 Å².